The first kappa shape index (κ1) is 15.4. The summed E-state index contributed by atoms with van der Waals surface area (Å²) < 4.78 is 18.9. The minimum Gasteiger partial charge on any atom is -0.363 e. The molecule has 0 aliphatic carbocycles. The number of amides is 1. The molecular weight excluding hydrogens is 283 g/mol. The van der Waals surface area contributed by atoms with Gasteiger partial charge in [-0.2, -0.15) is 0 Å². The number of nitrogens with zero attached hydrogens (tertiary/aromatic N) is 2. The zero-order chi connectivity index (χ0) is 15.7. The van der Waals surface area contributed by atoms with Gasteiger partial charge in [0.1, 0.15) is 12.4 Å². The van der Waals surface area contributed by atoms with Gasteiger partial charge in [-0.05, 0) is 37.5 Å². The molecule has 2 fully saturated rings. The average molecular weight is 306 g/mol. The number of benzene rings is 1. The van der Waals surface area contributed by atoms with E-state index in [0.29, 0.717) is 0 Å². The third-order valence-electron chi connectivity index (χ3n) is 5.24. The number of ether oxygens (including phenoxy) is 1. The van der Waals surface area contributed by atoms with Crippen molar-refractivity contribution in [1.82, 2.24) is 9.80 Å². The van der Waals surface area contributed by atoms with Crippen molar-refractivity contribution in [3.8, 4) is 0 Å². The van der Waals surface area contributed by atoms with Gasteiger partial charge < -0.3 is 9.64 Å². The molecule has 4 nitrogen and oxygen atoms in total. The fourth-order valence-corrected chi connectivity index (χ4v) is 3.50. The minimum absolute atomic E-state index is 0.0619. The Morgan fingerprint density at radius 2 is 1.91 bits per heavy atom. The number of likely N-dealkylation sites (tertiary alicyclic amines) is 1. The molecule has 2 aliphatic heterocycles. The molecule has 1 aromatic rings. The van der Waals surface area contributed by atoms with Crippen LogP contribution in [0.2, 0.25) is 0 Å². The lowest BCUT2D eigenvalue weighted by Crippen LogP contribution is -2.62. The Labute approximate surface area is 130 Å². The maximum absolute atomic E-state index is 13.0. The molecule has 2 heterocycles. The Morgan fingerprint density at radius 1 is 1.27 bits per heavy atom. The summed E-state index contributed by atoms with van der Waals surface area (Å²) >= 11 is 0. The quantitative estimate of drug-likeness (QED) is 0.838. The van der Waals surface area contributed by atoms with Gasteiger partial charge >= 0.3 is 0 Å². The predicted molar refractivity (Wildman–Crippen MR) is 81.8 cm³/mol. The number of carbonyl (C=O) groups is 1. The van der Waals surface area contributed by atoms with E-state index in [4.69, 9.17) is 4.74 Å². The molecule has 22 heavy (non-hydrogen) atoms. The van der Waals surface area contributed by atoms with Gasteiger partial charge in [0.2, 0.25) is 5.91 Å². The molecule has 0 radical (unpaired) electrons. The highest BCUT2D eigenvalue weighted by Gasteiger charge is 2.46. The molecule has 1 atom stereocenters. The van der Waals surface area contributed by atoms with Crippen LogP contribution in [0.5, 0.6) is 0 Å². The molecule has 0 N–H and O–H groups in total. The van der Waals surface area contributed by atoms with Crippen LogP contribution in [0.15, 0.2) is 24.3 Å². The fourth-order valence-electron chi connectivity index (χ4n) is 3.50. The van der Waals surface area contributed by atoms with Gasteiger partial charge in [-0.15, -0.1) is 0 Å². The monoisotopic (exact) mass is 306 g/mol. The highest BCUT2D eigenvalue weighted by atomic mass is 19.1. The molecule has 2 aliphatic rings. The van der Waals surface area contributed by atoms with Crippen molar-refractivity contribution < 1.29 is 13.9 Å². The van der Waals surface area contributed by atoms with Crippen LogP contribution in [-0.2, 0) is 16.1 Å². The van der Waals surface area contributed by atoms with Crippen molar-refractivity contribution >= 4 is 5.91 Å². The van der Waals surface area contributed by atoms with Crippen molar-refractivity contribution in [3.63, 3.8) is 0 Å². The highest BCUT2D eigenvalue weighted by molar-refractivity contribution is 5.78. The molecule has 1 aromatic carbocycles. The number of carbonyl (C=O) groups excluding carboxylic acids is 1. The Balaban J connectivity index is 1.60. The summed E-state index contributed by atoms with van der Waals surface area (Å²) in [5, 5.41) is 0. The zero-order valence-electron chi connectivity index (χ0n) is 13.2. The second-order valence-corrected chi connectivity index (χ2v) is 6.44. The number of morpholine rings is 1. The molecular formula is C17H23FN2O2. The first-order valence-electron chi connectivity index (χ1n) is 7.87. The Bertz CT molecular complexity index is 538. The molecule has 1 spiro atoms. The largest absolute Gasteiger partial charge is 0.363 e. The maximum atomic E-state index is 13.0. The SMILES string of the molecule is CC1N(C)C(=O)COC12CCN(Cc1ccc(F)cc1)CC2. The van der Waals surface area contributed by atoms with E-state index >= 15 is 0 Å². The van der Waals surface area contributed by atoms with Crippen molar-refractivity contribution in [2.75, 3.05) is 26.7 Å². The molecule has 0 bridgehead atoms. The van der Waals surface area contributed by atoms with Gasteiger partial charge in [0.15, 0.2) is 0 Å². The third-order valence-corrected chi connectivity index (χ3v) is 5.24. The van der Waals surface area contributed by atoms with Crippen LogP contribution in [0.4, 0.5) is 4.39 Å². The number of halogens is 1. The minimum atomic E-state index is -0.206. The van der Waals surface area contributed by atoms with Crippen LogP contribution in [-0.4, -0.2) is 54.1 Å². The molecule has 3 rings (SSSR count). The van der Waals surface area contributed by atoms with E-state index in [1.165, 1.54) is 12.1 Å². The number of hydrogen-bond donors (Lipinski definition) is 0. The number of likely N-dealkylation sites (N-methyl/N-ethyl adjacent to an activating group) is 1. The van der Waals surface area contributed by atoms with Crippen LogP contribution < -0.4 is 0 Å². The van der Waals surface area contributed by atoms with Crippen LogP contribution in [0.25, 0.3) is 0 Å². The van der Waals surface area contributed by atoms with Crippen LogP contribution in [0.1, 0.15) is 25.3 Å². The first-order chi connectivity index (χ1) is 10.5. The average Bonchev–Trinajstić information content (AvgIpc) is 2.53. The smallest absolute Gasteiger partial charge is 0.248 e. The fraction of sp³-hybridized carbons (Fsp3) is 0.588. The number of hydrogen-bond acceptors (Lipinski definition) is 3. The molecule has 1 amide bonds. The van der Waals surface area contributed by atoms with E-state index in [-0.39, 0.29) is 30.0 Å². The number of rotatable bonds is 2. The molecule has 1 unspecified atom stereocenters. The second-order valence-electron chi connectivity index (χ2n) is 6.44. The van der Waals surface area contributed by atoms with Gasteiger partial charge in [0.05, 0.1) is 11.6 Å². The summed E-state index contributed by atoms with van der Waals surface area (Å²) in [6.45, 7) is 4.97. The van der Waals surface area contributed by atoms with E-state index in [0.717, 1.165) is 38.0 Å². The lowest BCUT2D eigenvalue weighted by molar-refractivity contribution is -0.183. The lowest BCUT2D eigenvalue weighted by atomic mass is 9.83. The van der Waals surface area contributed by atoms with Crippen molar-refractivity contribution in [2.45, 2.75) is 38.0 Å². The van der Waals surface area contributed by atoms with Gasteiger partial charge in [-0.1, -0.05) is 12.1 Å². The summed E-state index contributed by atoms with van der Waals surface area (Å²) in [7, 11) is 1.86. The third kappa shape index (κ3) is 2.88. The normalized spacial score (nSPS) is 25.7. The van der Waals surface area contributed by atoms with Crippen molar-refractivity contribution in [2.24, 2.45) is 0 Å². The van der Waals surface area contributed by atoms with Crippen LogP contribution >= 0.6 is 0 Å². The Morgan fingerprint density at radius 3 is 2.55 bits per heavy atom. The molecule has 5 heteroatoms. The second kappa shape index (κ2) is 5.97. The summed E-state index contributed by atoms with van der Waals surface area (Å²) in [4.78, 5) is 15.9. The van der Waals surface area contributed by atoms with E-state index in [2.05, 4.69) is 11.8 Å². The van der Waals surface area contributed by atoms with Crippen LogP contribution in [0, 0.1) is 5.82 Å². The molecule has 0 saturated carbocycles. The van der Waals surface area contributed by atoms with Gasteiger partial charge in [-0.25, -0.2) is 4.39 Å². The van der Waals surface area contributed by atoms with E-state index in [9.17, 15) is 9.18 Å². The Hall–Kier alpha value is -1.46. The predicted octanol–water partition coefficient (Wildman–Crippen LogP) is 2.04. The van der Waals surface area contributed by atoms with Gasteiger partial charge in [-0.3, -0.25) is 9.69 Å². The zero-order valence-corrected chi connectivity index (χ0v) is 13.2. The molecule has 120 valence electrons. The standard InChI is InChI=1S/C17H23FN2O2/c1-13-17(22-12-16(21)19(13)2)7-9-20(10-8-17)11-14-3-5-15(18)6-4-14/h3-6,13H,7-12H2,1-2H3. The molecule has 2 saturated heterocycles. The topological polar surface area (TPSA) is 32.8 Å². The highest BCUT2D eigenvalue weighted by Crippen LogP contribution is 2.35. The van der Waals surface area contributed by atoms with E-state index in [1.807, 2.05) is 24.1 Å². The lowest BCUT2D eigenvalue weighted by Gasteiger charge is -2.50. The van der Waals surface area contributed by atoms with Gasteiger partial charge in [0, 0.05) is 26.7 Å². The number of piperidine rings is 1. The van der Waals surface area contributed by atoms with Crippen LogP contribution in [0.3, 0.4) is 0 Å². The van der Waals surface area contributed by atoms with Gasteiger partial charge in [0.25, 0.3) is 0 Å². The summed E-state index contributed by atoms with van der Waals surface area (Å²) in [5.41, 5.74) is 0.921. The van der Waals surface area contributed by atoms with E-state index < -0.39 is 0 Å². The summed E-state index contributed by atoms with van der Waals surface area (Å²) in [6, 6.07) is 6.81. The summed E-state index contributed by atoms with van der Waals surface area (Å²) in [6.07, 6.45) is 1.85. The maximum Gasteiger partial charge on any atom is 0.248 e. The van der Waals surface area contributed by atoms with E-state index in [1.54, 1.807) is 0 Å². The first-order valence-corrected chi connectivity index (χ1v) is 7.87. The summed E-state index contributed by atoms with van der Waals surface area (Å²) in [5.74, 6) is -0.134. The van der Waals surface area contributed by atoms with Crippen molar-refractivity contribution in [3.05, 3.63) is 35.6 Å². The Kier molecular flexibility index (Phi) is 4.19. The van der Waals surface area contributed by atoms with Crippen molar-refractivity contribution in [1.29, 1.82) is 0 Å². The molecule has 0 aromatic heterocycles.